The molecule has 8 nitrogen and oxygen atoms in total. The first kappa shape index (κ1) is 23.6. The number of benzene rings is 2. The van der Waals surface area contributed by atoms with E-state index in [1.165, 1.54) is 7.11 Å². The molecule has 2 amide bonds. The number of methoxy groups -OCH3 is 2. The second kappa shape index (κ2) is 9.77. The standard InChI is InChI=1S/C25H27ClN4O4/c1-16-23(26)17(2)30(27-16)19-7-5-18(6-8-19)24(31)28-11-13-29(14-12-28)25(32)21-10-9-20(33-3)15-22(21)34-4/h5-10,15H,11-14H2,1-4H3. The van der Waals surface area contributed by atoms with E-state index in [1.54, 1.807) is 51.9 Å². The van der Waals surface area contributed by atoms with E-state index >= 15 is 0 Å². The molecule has 0 bridgehead atoms. The Hall–Kier alpha value is -3.52. The fraction of sp³-hybridized carbons (Fsp3) is 0.320. The normalized spacial score (nSPS) is 13.7. The molecule has 3 aromatic rings. The fourth-order valence-corrected chi connectivity index (χ4v) is 4.18. The SMILES string of the molecule is COc1ccc(C(=O)N2CCN(C(=O)c3ccc(-n4nc(C)c(Cl)c4C)cc3)CC2)c(OC)c1. The number of nitrogens with zero attached hydrogens (tertiary/aromatic N) is 4. The van der Waals surface area contributed by atoms with Crippen molar-refractivity contribution in [2.75, 3.05) is 40.4 Å². The summed E-state index contributed by atoms with van der Waals surface area (Å²) in [5, 5.41) is 5.09. The third-order valence-corrected chi connectivity index (χ3v) is 6.60. The minimum atomic E-state index is -0.125. The maximum absolute atomic E-state index is 13.0. The van der Waals surface area contributed by atoms with Crippen molar-refractivity contribution in [3.05, 3.63) is 70.0 Å². The quantitative estimate of drug-likeness (QED) is 0.553. The number of rotatable bonds is 5. The molecule has 0 saturated carbocycles. The van der Waals surface area contributed by atoms with Crippen LogP contribution < -0.4 is 9.47 Å². The zero-order valence-electron chi connectivity index (χ0n) is 19.7. The summed E-state index contributed by atoms with van der Waals surface area (Å²) in [6.45, 7) is 5.57. The summed E-state index contributed by atoms with van der Waals surface area (Å²) in [7, 11) is 3.09. The number of amides is 2. The molecule has 178 valence electrons. The van der Waals surface area contributed by atoms with Gasteiger partial charge in [0, 0.05) is 37.8 Å². The molecule has 1 aromatic heterocycles. The zero-order chi connectivity index (χ0) is 24.4. The Kier molecular flexibility index (Phi) is 6.79. The van der Waals surface area contributed by atoms with Gasteiger partial charge < -0.3 is 19.3 Å². The van der Waals surface area contributed by atoms with Gasteiger partial charge in [-0.15, -0.1) is 0 Å². The van der Waals surface area contributed by atoms with Crippen LogP contribution in [0.2, 0.25) is 5.02 Å². The maximum atomic E-state index is 13.0. The Morgan fingerprint density at radius 1 is 0.882 bits per heavy atom. The number of aryl methyl sites for hydroxylation is 1. The first-order valence-electron chi connectivity index (χ1n) is 11.0. The molecule has 1 fully saturated rings. The van der Waals surface area contributed by atoms with Gasteiger partial charge in [-0.2, -0.15) is 5.10 Å². The van der Waals surface area contributed by atoms with Crippen LogP contribution >= 0.6 is 11.6 Å². The van der Waals surface area contributed by atoms with Crippen LogP contribution in [-0.4, -0.2) is 71.8 Å². The number of carbonyl (C=O) groups is 2. The summed E-state index contributed by atoms with van der Waals surface area (Å²) in [6, 6.07) is 12.4. The topological polar surface area (TPSA) is 76.9 Å². The van der Waals surface area contributed by atoms with Crippen LogP contribution in [0.5, 0.6) is 11.5 Å². The van der Waals surface area contributed by atoms with Crippen molar-refractivity contribution in [2.45, 2.75) is 13.8 Å². The second-order valence-corrected chi connectivity index (χ2v) is 8.47. The lowest BCUT2D eigenvalue weighted by Gasteiger charge is -2.35. The third-order valence-electron chi connectivity index (χ3n) is 6.06. The first-order valence-corrected chi connectivity index (χ1v) is 11.3. The van der Waals surface area contributed by atoms with E-state index in [1.807, 2.05) is 26.0 Å². The molecule has 0 N–H and O–H groups in total. The number of ether oxygens (including phenoxy) is 2. The summed E-state index contributed by atoms with van der Waals surface area (Å²) in [5.74, 6) is 0.897. The maximum Gasteiger partial charge on any atom is 0.257 e. The molecule has 0 radical (unpaired) electrons. The summed E-state index contributed by atoms with van der Waals surface area (Å²) >= 11 is 6.25. The largest absolute Gasteiger partial charge is 0.497 e. The average molecular weight is 483 g/mol. The van der Waals surface area contributed by atoms with Crippen molar-refractivity contribution < 1.29 is 19.1 Å². The van der Waals surface area contributed by atoms with Crippen LogP contribution in [0.4, 0.5) is 0 Å². The van der Waals surface area contributed by atoms with E-state index in [-0.39, 0.29) is 11.8 Å². The van der Waals surface area contributed by atoms with Crippen molar-refractivity contribution in [2.24, 2.45) is 0 Å². The molecule has 2 heterocycles. The van der Waals surface area contributed by atoms with Gasteiger partial charge in [-0.1, -0.05) is 11.6 Å². The molecule has 0 unspecified atom stereocenters. The Balaban J connectivity index is 1.41. The smallest absolute Gasteiger partial charge is 0.257 e. The highest BCUT2D eigenvalue weighted by molar-refractivity contribution is 6.31. The Morgan fingerprint density at radius 3 is 2.03 bits per heavy atom. The van der Waals surface area contributed by atoms with Crippen LogP contribution in [0.15, 0.2) is 42.5 Å². The summed E-state index contributed by atoms with van der Waals surface area (Å²) in [5.41, 5.74) is 3.52. The van der Waals surface area contributed by atoms with E-state index < -0.39 is 0 Å². The van der Waals surface area contributed by atoms with Gasteiger partial charge in [0.15, 0.2) is 0 Å². The zero-order valence-corrected chi connectivity index (χ0v) is 20.4. The van der Waals surface area contributed by atoms with Gasteiger partial charge in [0.25, 0.3) is 11.8 Å². The minimum Gasteiger partial charge on any atom is -0.497 e. The van der Waals surface area contributed by atoms with E-state index in [4.69, 9.17) is 21.1 Å². The molecule has 0 spiro atoms. The number of aromatic nitrogens is 2. The monoisotopic (exact) mass is 482 g/mol. The third kappa shape index (κ3) is 4.46. The predicted molar refractivity (Wildman–Crippen MR) is 129 cm³/mol. The van der Waals surface area contributed by atoms with Gasteiger partial charge in [-0.25, -0.2) is 4.68 Å². The number of piperazine rings is 1. The predicted octanol–water partition coefficient (Wildman–Crippen LogP) is 3.76. The van der Waals surface area contributed by atoms with Gasteiger partial charge in [0.2, 0.25) is 0 Å². The minimum absolute atomic E-state index is 0.0629. The lowest BCUT2D eigenvalue weighted by molar-refractivity contribution is 0.0533. The van der Waals surface area contributed by atoms with Gasteiger partial charge in [-0.3, -0.25) is 9.59 Å². The number of carbonyl (C=O) groups excluding carboxylic acids is 2. The van der Waals surface area contributed by atoms with E-state index in [2.05, 4.69) is 5.10 Å². The van der Waals surface area contributed by atoms with Gasteiger partial charge >= 0.3 is 0 Å². The highest BCUT2D eigenvalue weighted by Gasteiger charge is 2.27. The van der Waals surface area contributed by atoms with Crippen molar-refractivity contribution in [1.29, 1.82) is 0 Å². The Bertz CT molecular complexity index is 1210. The summed E-state index contributed by atoms with van der Waals surface area (Å²) in [6.07, 6.45) is 0. The van der Waals surface area contributed by atoms with Crippen molar-refractivity contribution in [1.82, 2.24) is 19.6 Å². The molecular weight excluding hydrogens is 456 g/mol. The first-order chi connectivity index (χ1) is 16.3. The van der Waals surface area contributed by atoms with Crippen LogP contribution in [0.3, 0.4) is 0 Å². The van der Waals surface area contributed by atoms with E-state index in [9.17, 15) is 9.59 Å². The van der Waals surface area contributed by atoms with Gasteiger partial charge in [0.05, 0.1) is 41.9 Å². The number of hydrogen-bond donors (Lipinski definition) is 0. The van der Waals surface area contributed by atoms with Crippen molar-refractivity contribution in [3.8, 4) is 17.2 Å². The van der Waals surface area contributed by atoms with Crippen LogP contribution in [-0.2, 0) is 0 Å². The lowest BCUT2D eigenvalue weighted by atomic mass is 10.1. The number of halogens is 1. The Morgan fingerprint density at radius 2 is 1.50 bits per heavy atom. The van der Waals surface area contributed by atoms with Crippen LogP contribution in [0.1, 0.15) is 32.1 Å². The average Bonchev–Trinajstić information content (AvgIpc) is 3.14. The highest BCUT2D eigenvalue weighted by Crippen LogP contribution is 2.26. The van der Waals surface area contributed by atoms with Gasteiger partial charge in [0.1, 0.15) is 11.5 Å². The van der Waals surface area contributed by atoms with E-state index in [0.29, 0.717) is 53.8 Å². The second-order valence-electron chi connectivity index (χ2n) is 8.09. The molecule has 1 aliphatic heterocycles. The molecule has 4 rings (SSSR count). The van der Waals surface area contributed by atoms with Crippen LogP contribution in [0.25, 0.3) is 5.69 Å². The fourth-order valence-electron chi connectivity index (χ4n) is 4.06. The molecule has 1 saturated heterocycles. The van der Waals surface area contributed by atoms with E-state index in [0.717, 1.165) is 17.1 Å². The molecule has 2 aromatic carbocycles. The van der Waals surface area contributed by atoms with Crippen molar-refractivity contribution in [3.63, 3.8) is 0 Å². The molecule has 0 aliphatic carbocycles. The highest BCUT2D eigenvalue weighted by atomic mass is 35.5. The lowest BCUT2D eigenvalue weighted by Crippen LogP contribution is -2.50. The molecule has 9 heteroatoms. The molecular formula is C25H27ClN4O4. The van der Waals surface area contributed by atoms with Crippen LogP contribution in [0, 0.1) is 13.8 Å². The van der Waals surface area contributed by atoms with Crippen molar-refractivity contribution >= 4 is 23.4 Å². The molecule has 34 heavy (non-hydrogen) atoms. The number of hydrogen-bond acceptors (Lipinski definition) is 5. The Labute approximate surface area is 203 Å². The summed E-state index contributed by atoms with van der Waals surface area (Å²) in [4.78, 5) is 29.6. The molecule has 1 aliphatic rings. The van der Waals surface area contributed by atoms with Gasteiger partial charge in [-0.05, 0) is 50.2 Å². The summed E-state index contributed by atoms with van der Waals surface area (Å²) < 4.78 is 12.3. The molecule has 0 atom stereocenters.